The standard InChI is InChI=1S/C15H16F3IN2O2/c16-15(17,18)9-20-13(22)10-5-7-21(8-6-10)14(23)11-3-1-2-4-12(11)19/h1-4,10H,5-9H2,(H,20,22). The smallest absolute Gasteiger partial charge is 0.347 e. The Morgan fingerprint density at radius 2 is 1.83 bits per heavy atom. The number of nitrogens with zero attached hydrogens (tertiary/aromatic N) is 1. The van der Waals surface area contributed by atoms with E-state index in [0.717, 1.165) is 3.57 Å². The van der Waals surface area contributed by atoms with Gasteiger partial charge in [-0.25, -0.2) is 0 Å². The molecule has 0 aliphatic carbocycles. The summed E-state index contributed by atoms with van der Waals surface area (Å²) in [5, 5.41) is 1.91. The summed E-state index contributed by atoms with van der Waals surface area (Å²) < 4.78 is 37.2. The Hall–Kier alpha value is -1.32. The summed E-state index contributed by atoms with van der Waals surface area (Å²) in [6, 6.07) is 7.21. The van der Waals surface area contributed by atoms with Crippen molar-refractivity contribution in [1.82, 2.24) is 10.2 Å². The molecule has 0 saturated carbocycles. The Morgan fingerprint density at radius 3 is 2.39 bits per heavy atom. The van der Waals surface area contributed by atoms with Crippen LogP contribution in [-0.2, 0) is 4.79 Å². The normalized spacial score (nSPS) is 16.3. The van der Waals surface area contributed by atoms with Gasteiger partial charge in [0.2, 0.25) is 5.91 Å². The zero-order valence-electron chi connectivity index (χ0n) is 12.2. The van der Waals surface area contributed by atoms with E-state index in [9.17, 15) is 22.8 Å². The molecule has 0 radical (unpaired) electrons. The zero-order valence-corrected chi connectivity index (χ0v) is 14.4. The fraction of sp³-hybridized carbons (Fsp3) is 0.467. The highest BCUT2D eigenvalue weighted by atomic mass is 127. The fourth-order valence-electron chi connectivity index (χ4n) is 2.48. The number of hydrogen-bond donors (Lipinski definition) is 1. The van der Waals surface area contributed by atoms with Gasteiger partial charge in [-0.3, -0.25) is 9.59 Å². The van der Waals surface area contributed by atoms with Crippen LogP contribution in [0.15, 0.2) is 24.3 Å². The van der Waals surface area contributed by atoms with E-state index in [1.54, 1.807) is 17.0 Å². The first-order chi connectivity index (χ1) is 10.8. The highest BCUT2D eigenvalue weighted by Crippen LogP contribution is 2.22. The van der Waals surface area contributed by atoms with Crippen molar-refractivity contribution >= 4 is 34.4 Å². The van der Waals surface area contributed by atoms with Crippen LogP contribution in [0.3, 0.4) is 0 Å². The molecule has 1 fully saturated rings. The summed E-state index contributed by atoms with van der Waals surface area (Å²) in [5.41, 5.74) is 0.605. The van der Waals surface area contributed by atoms with Crippen molar-refractivity contribution in [3.05, 3.63) is 33.4 Å². The van der Waals surface area contributed by atoms with Gasteiger partial charge in [0.05, 0.1) is 5.56 Å². The maximum Gasteiger partial charge on any atom is 0.405 e. The number of amides is 2. The van der Waals surface area contributed by atoms with Crippen molar-refractivity contribution in [2.75, 3.05) is 19.6 Å². The van der Waals surface area contributed by atoms with Crippen LogP contribution in [-0.4, -0.2) is 42.5 Å². The van der Waals surface area contributed by atoms with E-state index in [1.165, 1.54) is 0 Å². The SMILES string of the molecule is O=C(NCC(F)(F)F)C1CCN(C(=O)c2ccccc2I)CC1. The molecule has 4 nitrogen and oxygen atoms in total. The van der Waals surface area contributed by atoms with Crippen LogP contribution in [0.2, 0.25) is 0 Å². The van der Waals surface area contributed by atoms with Crippen LogP contribution in [0.1, 0.15) is 23.2 Å². The molecule has 1 heterocycles. The highest BCUT2D eigenvalue weighted by molar-refractivity contribution is 14.1. The molecule has 0 unspecified atom stereocenters. The van der Waals surface area contributed by atoms with Gasteiger partial charge in [-0.1, -0.05) is 12.1 Å². The van der Waals surface area contributed by atoms with E-state index in [2.05, 4.69) is 22.6 Å². The van der Waals surface area contributed by atoms with Crippen LogP contribution in [0.5, 0.6) is 0 Å². The topological polar surface area (TPSA) is 49.4 Å². The lowest BCUT2D eigenvalue weighted by Crippen LogP contribution is -2.44. The first-order valence-corrected chi connectivity index (χ1v) is 8.24. The Morgan fingerprint density at radius 1 is 1.22 bits per heavy atom. The van der Waals surface area contributed by atoms with Crippen molar-refractivity contribution in [1.29, 1.82) is 0 Å². The van der Waals surface area contributed by atoms with E-state index < -0.39 is 24.5 Å². The molecule has 1 saturated heterocycles. The lowest BCUT2D eigenvalue weighted by Gasteiger charge is -2.31. The number of carbonyl (C=O) groups is 2. The van der Waals surface area contributed by atoms with Crippen LogP contribution < -0.4 is 5.32 Å². The van der Waals surface area contributed by atoms with Gasteiger partial charge in [0.15, 0.2) is 0 Å². The molecule has 2 rings (SSSR count). The molecule has 8 heteroatoms. The van der Waals surface area contributed by atoms with Crippen molar-refractivity contribution in [2.45, 2.75) is 19.0 Å². The van der Waals surface area contributed by atoms with Crippen molar-refractivity contribution < 1.29 is 22.8 Å². The molecule has 0 atom stereocenters. The predicted octanol–water partition coefficient (Wildman–Crippen LogP) is 2.82. The van der Waals surface area contributed by atoms with Crippen molar-refractivity contribution in [3.8, 4) is 0 Å². The van der Waals surface area contributed by atoms with E-state index in [-0.39, 0.29) is 5.91 Å². The second-order valence-corrected chi connectivity index (χ2v) is 6.54. The molecule has 1 aromatic carbocycles. The van der Waals surface area contributed by atoms with E-state index in [1.807, 2.05) is 17.4 Å². The van der Waals surface area contributed by atoms with Crippen molar-refractivity contribution in [3.63, 3.8) is 0 Å². The fourth-order valence-corrected chi connectivity index (χ4v) is 3.10. The number of alkyl halides is 3. The molecule has 0 aromatic heterocycles. The number of rotatable bonds is 3. The Balaban J connectivity index is 1.87. The third-order valence-corrected chi connectivity index (χ3v) is 4.66. The van der Waals surface area contributed by atoms with Gasteiger partial charge in [0, 0.05) is 22.6 Å². The molecular formula is C15H16F3IN2O2. The third-order valence-electron chi connectivity index (χ3n) is 3.72. The molecule has 0 spiro atoms. The van der Waals surface area contributed by atoms with Crippen LogP contribution in [0.25, 0.3) is 0 Å². The number of likely N-dealkylation sites (tertiary alicyclic amines) is 1. The van der Waals surface area contributed by atoms with Gasteiger partial charge in [0.25, 0.3) is 5.91 Å². The monoisotopic (exact) mass is 440 g/mol. The second kappa shape index (κ2) is 7.50. The zero-order chi connectivity index (χ0) is 17.0. The molecule has 1 N–H and O–H groups in total. The highest BCUT2D eigenvalue weighted by Gasteiger charge is 2.32. The van der Waals surface area contributed by atoms with Gasteiger partial charge in [-0.2, -0.15) is 13.2 Å². The number of nitrogens with one attached hydrogen (secondary N) is 1. The van der Waals surface area contributed by atoms with Gasteiger partial charge in [-0.15, -0.1) is 0 Å². The van der Waals surface area contributed by atoms with Gasteiger partial charge in [-0.05, 0) is 47.6 Å². The predicted molar refractivity (Wildman–Crippen MR) is 86.9 cm³/mol. The number of piperidine rings is 1. The molecule has 23 heavy (non-hydrogen) atoms. The van der Waals surface area contributed by atoms with Gasteiger partial charge < -0.3 is 10.2 Å². The number of hydrogen-bond acceptors (Lipinski definition) is 2. The molecular weight excluding hydrogens is 424 g/mol. The summed E-state index contributed by atoms with van der Waals surface area (Å²) in [5.74, 6) is -1.18. The molecule has 1 aromatic rings. The van der Waals surface area contributed by atoms with Gasteiger partial charge >= 0.3 is 6.18 Å². The molecule has 0 bridgehead atoms. The van der Waals surface area contributed by atoms with E-state index in [4.69, 9.17) is 0 Å². The van der Waals surface area contributed by atoms with Crippen LogP contribution >= 0.6 is 22.6 Å². The first kappa shape index (κ1) is 18.0. The molecule has 1 aliphatic heterocycles. The van der Waals surface area contributed by atoms with Gasteiger partial charge in [0.1, 0.15) is 6.54 Å². The minimum absolute atomic E-state index is 0.107. The maximum atomic E-state index is 12.4. The van der Waals surface area contributed by atoms with Crippen LogP contribution in [0.4, 0.5) is 13.2 Å². The third kappa shape index (κ3) is 5.08. The molecule has 126 valence electrons. The number of benzene rings is 1. The molecule has 1 aliphatic rings. The largest absolute Gasteiger partial charge is 0.405 e. The molecule has 2 amide bonds. The summed E-state index contributed by atoms with van der Waals surface area (Å²) in [6.07, 6.45) is -3.66. The lowest BCUT2D eigenvalue weighted by atomic mass is 9.95. The minimum Gasteiger partial charge on any atom is -0.347 e. The average Bonchev–Trinajstić information content (AvgIpc) is 2.52. The van der Waals surface area contributed by atoms with Crippen LogP contribution in [0, 0.1) is 9.49 Å². The summed E-state index contributed by atoms with van der Waals surface area (Å²) in [4.78, 5) is 25.8. The Bertz CT molecular complexity index is 584. The second-order valence-electron chi connectivity index (χ2n) is 5.38. The number of halogens is 4. The lowest BCUT2D eigenvalue weighted by molar-refractivity contribution is -0.141. The minimum atomic E-state index is -4.41. The maximum absolute atomic E-state index is 12.4. The van der Waals surface area contributed by atoms with E-state index >= 15 is 0 Å². The summed E-state index contributed by atoms with van der Waals surface area (Å²) in [6.45, 7) is -0.574. The Labute approximate surface area is 145 Å². The van der Waals surface area contributed by atoms with E-state index in [0.29, 0.717) is 31.5 Å². The Kier molecular flexibility index (Phi) is 5.88. The average molecular weight is 440 g/mol. The number of carbonyl (C=O) groups excluding carboxylic acids is 2. The summed E-state index contributed by atoms with van der Waals surface area (Å²) >= 11 is 2.09. The first-order valence-electron chi connectivity index (χ1n) is 7.16. The summed E-state index contributed by atoms with van der Waals surface area (Å²) in [7, 11) is 0. The quantitative estimate of drug-likeness (QED) is 0.736. The van der Waals surface area contributed by atoms with Crippen molar-refractivity contribution in [2.24, 2.45) is 5.92 Å².